The van der Waals surface area contributed by atoms with E-state index in [9.17, 15) is 9.18 Å². The molecule has 0 unspecified atom stereocenters. The molecule has 170 valence electrons. The van der Waals surface area contributed by atoms with Gasteiger partial charge in [0.1, 0.15) is 17.7 Å². The Balaban J connectivity index is 1.76. The van der Waals surface area contributed by atoms with Crippen molar-refractivity contribution in [2.45, 2.75) is 6.92 Å². The Morgan fingerprint density at radius 3 is 2.70 bits per heavy atom. The van der Waals surface area contributed by atoms with Crippen LogP contribution in [0.3, 0.4) is 0 Å². The third kappa shape index (κ3) is 4.41. The number of rotatable bonds is 5. The van der Waals surface area contributed by atoms with Crippen LogP contribution in [0.4, 0.5) is 20.3 Å². The lowest BCUT2D eigenvalue weighted by Gasteiger charge is -2.35. The van der Waals surface area contributed by atoms with Gasteiger partial charge in [0.2, 0.25) is 5.91 Å². The SMILES string of the molecule is C=CC(=O)N1CCN(c2ncnc3c(F)c(-c4cc(/N=N\CF)ccc4C)c(Cl)cc23)CC1. The number of piperazine rings is 1. The molecule has 0 atom stereocenters. The lowest BCUT2D eigenvalue weighted by atomic mass is 9.97. The van der Waals surface area contributed by atoms with Crippen molar-refractivity contribution in [3.63, 3.8) is 0 Å². The first-order valence-corrected chi connectivity index (χ1v) is 10.7. The third-order valence-electron chi connectivity index (χ3n) is 5.60. The van der Waals surface area contributed by atoms with Crippen LogP contribution in [-0.2, 0) is 4.79 Å². The lowest BCUT2D eigenvalue weighted by Crippen LogP contribution is -2.48. The van der Waals surface area contributed by atoms with E-state index in [4.69, 9.17) is 11.6 Å². The zero-order valence-electron chi connectivity index (χ0n) is 17.9. The molecular weight excluding hydrogens is 450 g/mol. The molecule has 33 heavy (non-hydrogen) atoms. The molecule has 0 N–H and O–H groups in total. The van der Waals surface area contributed by atoms with Gasteiger partial charge in [-0.25, -0.2) is 18.7 Å². The van der Waals surface area contributed by atoms with Crippen molar-refractivity contribution >= 4 is 39.9 Å². The van der Waals surface area contributed by atoms with Crippen molar-refractivity contribution in [2.75, 3.05) is 37.9 Å². The molecule has 1 fully saturated rings. The van der Waals surface area contributed by atoms with Crippen LogP contribution in [0.2, 0.25) is 5.02 Å². The van der Waals surface area contributed by atoms with Gasteiger partial charge < -0.3 is 9.80 Å². The Morgan fingerprint density at radius 2 is 2.00 bits per heavy atom. The number of nitrogens with zero attached hydrogens (tertiary/aromatic N) is 6. The monoisotopic (exact) mass is 470 g/mol. The highest BCUT2D eigenvalue weighted by Crippen LogP contribution is 2.40. The quantitative estimate of drug-likeness (QED) is 0.290. The van der Waals surface area contributed by atoms with Crippen LogP contribution in [-0.4, -0.2) is 53.8 Å². The fourth-order valence-electron chi connectivity index (χ4n) is 3.93. The van der Waals surface area contributed by atoms with Gasteiger partial charge in [0.05, 0.1) is 10.7 Å². The highest BCUT2D eigenvalue weighted by atomic mass is 35.5. The van der Waals surface area contributed by atoms with Crippen LogP contribution in [0, 0.1) is 12.7 Å². The van der Waals surface area contributed by atoms with E-state index in [2.05, 4.69) is 26.8 Å². The Bertz CT molecular complexity index is 1260. The summed E-state index contributed by atoms with van der Waals surface area (Å²) in [7, 11) is 0. The molecule has 1 aliphatic rings. The molecule has 3 aromatic rings. The number of aryl methyl sites for hydroxylation is 1. The maximum atomic E-state index is 15.8. The van der Waals surface area contributed by atoms with Gasteiger partial charge in [-0.2, -0.15) is 10.2 Å². The van der Waals surface area contributed by atoms with Crippen molar-refractivity contribution in [1.82, 2.24) is 14.9 Å². The highest BCUT2D eigenvalue weighted by molar-refractivity contribution is 6.34. The maximum Gasteiger partial charge on any atom is 0.246 e. The molecule has 0 spiro atoms. The number of aromatic nitrogens is 2. The Hall–Kier alpha value is -3.46. The number of fused-ring (bicyclic) bond motifs is 1. The summed E-state index contributed by atoms with van der Waals surface area (Å²) in [6.07, 6.45) is 2.61. The number of anilines is 1. The standard InChI is InChI=1S/C23H21ClF2N6O/c1-3-19(33)31-6-8-32(9-7-31)23-17-11-18(24)20(21(26)22(17)27-13-28-23)16-10-15(30-29-12-25)5-4-14(16)2/h3-5,10-11,13H,1,6-9,12H2,2H3/b30-29-. The van der Waals surface area contributed by atoms with E-state index in [-0.39, 0.29) is 22.0 Å². The first-order valence-electron chi connectivity index (χ1n) is 10.3. The van der Waals surface area contributed by atoms with Gasteiger partial charge in [0.15, 0.2) is 12.6 Å². The number of carbonyl (C=O) groups excluding carboxylic acids is 1. The van der Waals surface area contributed by atoms with Gasteiger partial charge in [-0.05, 0) is 42.3 Å². The van der Waals surface area contributed by atoms with Gasteiger partial charge in [0, 0.05) is 37.1 Å². The van der Waals surface area contributed by atoms with Crippen molar-refractivity contribution in [2.24, 2.45) is 10.2 Å². The summed E-state index contributed by atoms with van der Waals surface area (Å²) >= 11 is 6.57. The average Bonchev–Trinajstić information content (AvgIpc) is 2.83. The molecule has 0 radical (unpaired) electrons. The molecule has 2 aromatic carbocycles. The van der Waals surface area contributed by atoms with Gasteiger partial charge >= 0.3 is 0 Å². The molecule has 0 aliphatic carbocycles. The lowest BCUT2D eigenvalue weighted by molar-refractivity contribution is -0.126. The summed E-state index contributed by atoms with van der Waals surface area (Å²) in [4.78, 5) is 24.1. The minimum atomic E-state index is -0.940. The van der Waals surface area contributed by atoms with Crippen LogP contribution >= 0.6 is 11.6 Å². The van der Waals surface area contributed by atoms with E-state index < -0.39 is 12.6 Å². The van der Waals surface area contributed by atoms with E-state index in [0.717, 1.165) is 5.56 Å². The number of halogens is 3. The topological polar surface area (TPSA) is 74.1 Å². The zero-order chi connectivity index (χ0) is 23.5. The van der Waals surface area contributed by atoms with Gasteiger partial charge in [-0.3, -0.25) is 4.79 Å². The van der Waals surface area contributed by atoms with E-state index in [1.807, 2.05) is 11.8 Å². The minimum Gasteiger partial charge on any atom is -0.352 e. The second-order valence-electron chi connectivity index (χ2n) is 7.52. The van der Waals surface area contributed by atoms with E-state index in [0.29, 0.717) is 48.6 Å². The zero-order valence-corrected chi connectivity index (χ0v) is 18.7. The van der Waals surface area contributed by atoms with Gasteiger partial charge in [0.25, 0.3) is 0 Å². The number of hydrogen-bond donors (Lipinski definition) is 0. The molecule has 1 saturated heterocycles. The van der Waals surface area contributed by atoms with Crippen molar-refractivity contribution in [3.05, 3.63) is 59.7 Å². The molecule has 0 saturated carbocycles. The minimum absolute atomic E-state index is 0.121. The fourth-order valence-corrected chi connectivity index (χ4v) is 4.23. The van der Waals surface area contributed by atoms with Crippen LogP contribution in [0.15, 0.2) is 53.5 Å². The predicted octanol–water partition coefficient (Wildman–Crippen LogP) is 5.24. The number of amides is 1. The molecule has 10 heteroatoms. The summed E-state index contributed by atoms with van der Waals surface area (Å²) < 4.78 is 28.1. The molecule has 1 aliphatic heterocycles. The number of benzene rings is 2. The smallest absolute Gasteiger partial charge is 0.246 e. The fraction of sp³-hybridized carbons (Fsp3) is 0.261. The highest BCUT2D eigenvalue weighted by Gasteiger charge is 2.24. The van der Waals surface area contributed by atoms with E-state index >= 15 is 4.39 Å². The van der Waals surface area contributed by atoms with Gasteiger partial charge in [-0.15, -0.1) is 0 Å². The van der Waals surface area contributed by atoms with Crippen molar-refractivity contribution in [1.29, 1.82) is 0 Å². The first-order chi connectivity index (χ1) is 15.9. The summed E-state index contributed by atoms with van der Waals surface area (Å²) in [6, 6.07) is 6.68. The predicted molar refractivity (Wildman–Crippen MR) is 124 cm³/mol. The number of hydrogen-bond acceptors (Lipinski definition) is 6. The summed E-state index contributed by atoms with van der Waals surface area (Å²) in [5.41, 5.74) is 2.00. The largest absolute Gasteiger partial charge is 0.352 e. The van der Waals surface area contributed by atoms with E-state index in [1.54, 1.807) is 29.2 Å². The molecule has 1 aromatic heterocycles. The molecule has 2 heterocycles. The summed E-state index contributed by atoms with van der Waals surface area (Å²) in [5.74, 6) is -0.144. The molecular formula is C23H21ClF2N6O. The molecule has 0 bridgehead atoms. The first kappa shape index (κ1) is 22.7. The maximum absolute atomic E-state index is 15.8. The average molecular weight is 471 g/mol. The van der Waals surface area contributed by atoms with Crippen LogP contribution in [0.1, 0.15) is 5.56 Å². The molecule has 4 rings (SSSR count). The van der Waals surface area contributed by atoms with Crippen molar-refractivity contribution in [3.8, 4) is 11.1 Å². The van der Waals surface area contributed by atoms with Gasteiger partial charge in [-0.1, -0.05) is 24.2 Å². The van der Waals surface area contributed by atoms with Crippen LogP contribution < -0.4 is 4.90 Å². The summed E-state index contributed by atoms with van der Waals surface area (Å²) in [6.45, 7) is 6.48. The number of carbonyl (C=O) groups is 1. The normalized spacial score (nSPS) is 14.3. The third-order valence-corrected chi connectivity index (χ3v) is 5.89. The Kier molecular flexibility index (Phi) is 6.60. The summed E-state index contributed by atoms with van der Waals surface area (Å²) in [5, 5.41) is 7.83. The second-order valence-corrected chi connectivity index (χ2v) is 7.92. The molecule has 1 amide bonds. The number of alkyl halides is 1. The van der Waals surface area contributed by atoms with Crippen molar-refractivity contribution < 1.29 is 13.6 Å². The van der Waals surface area contributed by atoms with Crippen LogP contribution in [0.25, 0.3) is 22.0 Å². The Labute approximate surface area is 194 Å². The van der Waals surface area contributed by atoms with E-state index in [1.165, 1.54) is 12.4 Å². The molecule has 7 nitrogen and oxygen atoms in total. The Morgan fingerprint density at radius 1 is 1.24 bits per heavy atom. The number of azo groups is 1. The van der Waals surface area contributed by atoms with Crippen LogP contribution in [0.5, 0.6) is 0 Å². The second kappa shape index (κ2) is 9.58.